The van der Waals surface area contributed by atoms with E-state index in [1.165, 1.54) is 24.2 Å². The van der Waals surface area contributed by atoms with E-state index in [2.05, 4.69) is 5.32 Å². The first-order valence-electron chi connectivity index (χ1n) is 9.68. The van der Waals surface area contributed by atoms with Crippen LogP contribution in [0.25, 0.3) is 0 Å². The van der Waals surface area contributed by atoms with Gasteiger partial charge in [-0.25, -0.2) is 13.8 Å². The smallest absolute Gasteiger partial charge is 0.234 e. The van der Waals surface area contributed by atoms with Gasteiger partial charge in [-0.1, -0.05) is 48.5 Å². The molecule has 1 saturated carbocycles. The topological polar surface area (TPSA) is 53.8 Å². The van der Waals surface area contributed by atoms with Gasteiger partial charge < -0.3 is 5.32 Å². The Hall–Kier alpha value is -2.54. The van der Waals surface area contributed by atoms with E-state index in [9.17, 15) is 13.6 Å². The molecule has 2 aromatic rings. The minimum atomic E-state index is -0.797. The van der Waals surface area contributed by atoms with Crippen LogP contribution in [0.5, 0.6) is 0 Å². The summed E-state index contributed by atoms with van der Waals surface area (Å²) in [7, 11) is 0. The molecule has 7 heteroatoms. The molecular weight excluding hydrogens is 392 g/mol. The van der Waals surface area contributed by atoms with Crippen molar-refractivity contribution in [1.29, 1.82) is 0 Å². The zero-order valence-corrected chi connectivity index (χ0v) is 16.6. The molecule has 1 amide bonds. The Balaban J connectivity index is 1.49. The fourth-order valence-electron chi connectivity index (χ4n) is 3.66. The number of aliphatic imine (C=N–C) groups is 2. The first-order valence-corrected chi connectivity index (χ1v) is 10.7. The van der Waals surface area contributed by atoms with Gasteiger partial charge in [0.1, 0.15) is 16.7 Å². The Morgan fingerprint density at radius 3 is 2.52 bits per heavy atom. The fraction of sp³-hybridized carbons (Fsp3) is 0.318. The third kappa shape index (κ3) is 4.56. The van der Waals surface area contributed by atoms with Crippen molar-refractivity contribution in [3.63, 3.8) is 0 Å². The summed E-state index contributed by atoms with van der Waals surface area (Å²) >= 11 is 1.30. The van der Waals surface area contributed by atoms with E-state index in [0.29, 0.717) is 0 Å². The minimum absolute atomic E-state index is 0.0361. The second-order valence-electron chi connectivity index (χ2n) is 7.25. The van der Waals surface area contributed by atoms with Gasteiger partial charge in [0.2, 0.25) is 5.91 Å². The standard InChI is InChI=1S/C22H21F2N3OS/c23-16-9-10-18(17(24)13-16)25-19(28)14-29-21-20(15-7-3-1-4-8-15)26-22(27-21)11-5-2-6-12-22/h1,3-4,7-10,13H,2,5-6,11-12,14H2,(H,25,28). The lowest BCUT2D eigenvalue weighted by Crippen LogP contribution is -2.25. The lowest BCUT2D eigenvalue weighted by Gasteiger charge is -2.27. The van der Waals surface area contributed by atoms with E-state index >= 15 is 0 Å². The van der Waals surface area contributed by atoms with E-state index in [-0.39, 0.29) is 17.3 Å². The van der Waals surface area contributed by atoms with Crippen LogP contribution in [0.2, 0.25) is 0 Å². The number of hydrogen-bond acceptors (Lipinski definition) is 4. The molecule has 1 fully saturated rings. The molecule has 0 aromatic heterocycles. The van der Waals surface area contributed by atoms with Crippen molar-refractivity contribution in [2.45, 2.75) is 37.8 Å². The summed E-state index contributed by atoms with van der Waals surface area (Å²) in [5.41, 5.74) is 1.35. The van der Waals surface area contributed by atoms with Crippen molar-refractivity contribution in [2.75, 3.05) is 11.1 Å². The Bertz CT molecular complexity index is 969. The number of hydrogen-bond donors (Lipinski definition) is 1. The van der Waals surface area contributed by atoms with Crippen molar-refractivity contribution in [3.8, 4) is 0 Å². The lowest BCUT2D eigenvalue weighted by atomic mass is 9.90. The van der Waals surface area contributed by atoms with Gasteiger partial charge in [-0.2, -0.15) is 0 Å². The number of carbonyl (C=O) groups excluding carboxylic acids is 1. The maximum atomic E-state index is 13.8. The zero-order valence-electron chi connectivity index (χ0n) is 15.8. The molecule has 0 unspecified atom stereocenters. The summed E-state index contributed by atoms with van der Waals surface area (Å²) in [6, 6.07) is 12.9. The van der Waals surface area contributed by atoms with Crippen LogP contribution in [0, 0.1) is 11.6 Å². The van der Waals surface area contributed by atoms with Gasteiger partial charge in [0.15, 0.2) is 5.66 Å². The molecule has 2 aliphatic rings. The van der Waals surface area contributed by atoms with Crippen molar-refractivity contribution >= 4 is 34.1 Å². The Morgan fingerprint density at radius 2 is 1.79 bits per heavy atom. The van der Waals surface area contributed by atoms with E-state index in [1.54, 1.807) is 0 Å². The SMILES string of the molecule is O=C(CSC1=NC2(CCCCC2)N=C1c1ccccc1)Nc1ccc(F)cc1F. The number of nitrogens with one attached hydrogen (secondary N) is 1. The second-order valence-corrected chi connectivity index (χ2v) is 8.21. The normalized spacial score (nSPS) is 17.7. The van der Waals surface area contributed by atoms with Crippen LogP contribution in [-0.4, -0.2) is 28.1 Å². The predicted molar refractivity (Wildman–Crippen MR) is 114 cm³/mol. The molecule has 0 radical (unpaired) electrons. The van der Waals surface area contributed by atoms with E-state index in [1.807, 2.05) is 30.3 Å². The molecule has 1 heterocycles. The molecule has 2 aromatic carbocycles. The maximum absolute atomic E-state index is 13.8. The first kappa shape index (κ1) is 19.8. The summed E-state index contributed by atoms with van der Waals surface area (Å²) < 4.78 is 26.8. The number of carbonyl (C=O) groups is 1. The highest BCUT2D eigenvalue weighted by Gasteiger charge is 2.37. The molecule has 150 valence electrons. The quantitative estimate of drug-likeness (QED) is 0.749. The van der Waals surface area contributed by atoms with Gasteiger partial charge in [0.25, 0.3) is 0 Å². The maximum Gasteiger partial charge on any atom is 0.234 e. The number of nitrogens with zero attached hydrogens (tertiary/aromatic N) is 2. The van der Waals surface area contributed by atoms with Crippen LogP contribution in [0.1, 0.15) is 37.7 Å². The molecule has 1 aliphatic carbocycles. The average molecular weight is 413 g/mol. The van der Waals surface area contributed by atoms with Gasteiger partial charge in [0.05, 0.1) is 17.2 Å². The third-order valence-electron chi connectivity index (χ3n) is 5.08. The summed E-state index contributed by atoms with van der Waals surface area (Å²) in [5.74, 6) is -1.79. The third-order valence-corrected chi connectivity index (χ3v) is 6.04. The van der Waals surface area contributed by atoms with Gasteiger partial charge in [-0.15, -0.1) is 0 Å². The van der Waals surface area contributed by atoms with Gasteiger partial charge in [-0.3, -0.25) is 9.79 Å². The van der Waals surface area contributed by atoms with Crippen molar-refractivity contribution < 1.29 is 13.6 Å². The molecule has 0 atom stereocenters. The van der Waals surface area contributed by atoms with Crippen LogP contribution < -0.4 is 5.32 Å². The lowest BCUT2D eigenvalue weighted by molar-refractivity contribution is -0.113. The first-order chi connectivity index (χ1) is 14.0. The van der Waals surface area contributed by atoms with Crippen LogP contribution in [0.15, 0.2) is 58.5 Å². The number of thioether (sulfide) groups is 1. The molecule has 1 aliphatic heterocycles. The second kappa shape index (κ2) is 8.45. The molecule has 29 heavy (non-hydrogen) atoms. The van der Waals surface area contributed by atoms with Gasteiger partial charge in [0, 0.05) is 11.6 Å². The Morgan fingerprint density at radius 1 is 1.03 bits per heavy atom. The summed E-state index contributed by atoms with van der Waals surface area (Å²) in [6.45, 7) is 0. The van der Waals surface area contributed by atoms with Crippen molar-refractivity contribution in [3.05, 3.63) is 65.7 Å². The number of benzene rings is 2. The molecule has 0 bridgehead atoms. The van der Waals surface area contributed by atoms with Gasteiger partial charge >= 0.3 is 0 Å². The molecule has 0 saturated heterocycles. The van der Waals surface area contributed by atoms with Gasteiger partial charge in [-0.05, 0) is 37.8 Å². The Labute approximate surface area is 172 Å². The highest BCUT2D eigenvalue weighted by molar-refractivity contribution is 8.16. The largest absolute Gasteiger partial charge is 0.323 e. The monoisotopic (exact) mass is 413 g/mol. The Kier molecular flexibility index (Phi) is 5.76. The minimum Gasteiger partial charge on any atom is -0.323 e. The highest BCUT2D eigenvalue weighted by atomic mass is 32.2. The van der Waals surface area contributed by atoms with E-state index in [0.717, 1.165) is 54.1 Å². The molecule has 4 nitrogen and oxygen atoms in total. The van der Waals surface area contributed by atoms with Crippen LogP contribution >= 0.6 is 11.8 Å². The number of halogens is 2. The zero-order chi connectivity index (χ0) is 20.3. The number of rotatable bonds is 4. The van der Waals surface area contributed by atoms with Crippen LogP contribution in [0.3, 0.4) is 0 Å². The molecule has 1 spiro atoms. The molecule has 1 N–H and O–H groups in total. The van der Waals surface area contributed by atoms with Crippen LogP contribution in [0.4, 0.5) is 14.5 Å². The summed E-state index contributed by atoms with van der Waals surface area (Å²) in [4.78, 5) is 22.2. The average Bonchev–Trinajstić information content (AvgIpc) is 3.07. The predicted octanol–water partition coefficient (Wildman–Crippen LogP) is 5.20. The van der Waals surface area contributed by atoms with Crippen molar-refractivity contribution in [1.82, 2.24) is 0 Å². The van der Waals surface area contributed by atoms with Crippen molar-refractivity contribution in [2.24, 2.45) is 9.98 Å². The van der Waals surface area contributed by atoms with E-state index < -0.39 is 17.3 Å². The van der Waals surface area contributed by atoms with Crippen LogP contribution in [-0.2, 0) is 4.79 Å². The summed E-state index contributed by atoms with van der Waals surface area (Å²) in [5, 5.41) is 3.23. The van der Waals surface area contributed by atoms with E-state index in [4.69, 9.17) is 9.98 Å². The number of anilines is 1. The molecular formula is C22H21F2N3OS. The fourth-order valence-corrected chi connectivity index (χ4v) is 4.53. The molecule has 4 rings (SSSR count). The summed E-state index contributed by atoms with van der Waals surface area (Å²) in [6.07, 6.45) is 5.22. The number of amides is 1. The highest BCUT2D eigenvalue weighted by Crippen LogP contribution is 2.38.